The predicted octanol–water partition coefficient (Wildman–Crippen LogP) is 3.24. The first kappa shape index (κ1) is 24.1. The zero-order valence-electron chi connectivity index (χ0n) is 19.1. The SMILES string of the molecule is CCCNC(=O)c1ccc(N2CCNCC2)c(NS(=O)(=O)c2ccc(CC(C)C)cc2)c1. The molecule has 1 aliphatic rings. The van der Waals surface area contributed by atoms with Gasteiger partial charge in [0.25, 0.3) is 15.9 Å². The minimum atomic E-state index is -3.80. The second kappa shape index (κ2) is 10.8. The van der Waals surface area contributed by atoms with Gasteiger partial charge in [0.2, 0.25) is 0 Å². The first-order valence-electron chi connectivity index (χ1n) is 11.3. The van der Waals surface area contributed by atoms with Gasteiger partial charge in [-0.05, 0) is 54.7 Å². The zero-order valence-corrected chi connectivity index (χ0v) is 20.0. The van der Waals surface area contributed by atoms with E-state index in [0.29, 0.717) is 23.7 Å². The van der Waals surface area contributed by atoms with Gasteiger partial charge in [0.1, 0.15) is 0 Å². The number of carbonyl (C=O) groups excluding carboxylic acids is 1. The monoisotopic (exact) mass is 458 g/mol. The van der Waals surface area contributed by atoms with Crippen LogP contribution in [-0.4, -0.2) is 47.0 Å². The Balaban J connectivity index is 1.91. The first-order valence-corrected chi connectivity index (χ1v) is 12.8. The quantitative estimate of drug-likeness (QED) is 0.537. The lowest BCUT2D eigenvalue weighted by Crippen LogP contribution is -2.43. The molecule has 174 valence electrons. The number of hydrogen-bond donors (Lipinski definition) is 3. The maximum atomic E-state index is 13.2. The van der Waals surface area contributed by atoms with Crippen LogP contribution >= 0.6 is 0 Å². The van der Waals surface area contributed by atoms with E-state index in [-0.39, 0.29) is 10.8 Å². The number of nitrogens with one attached hydrogen (secondary N) is 3. The van der Waals surface area contributed by atoms with Crippen molar-refractivity contribution in [3.63, 3.8) is 0 Å². The number of rotatable bonds is 9. The van der Waals surface area contributed by atoms with E-state index in [0.717, 1.165) is 50.3 Å². The molecule has 0 bridgehead atoms. The summed E-state index contributed by atoms with van der Waals surface area (Å²) >= 11 is 0. The highest BCUT2D eigenvalue weighted by Gasteiger charge is 2.21. The smallest absolute Gasteiger partial charge is 0.261 e. The van der Waals surface area contributed by atoms with Crippen molar-refractivity contribution in [2.45, 2.75) is 38.5 Å². The van der Waals surface area contributed by atoms with Gasteiger partial charge in [-0.25, -0.2) is 8.42 Å². The molecule has 0 aromatic heterocycles. The predicted molar refractivity (Wildman–Crippen MR) is 130 cm³/mol. The highest BCUT2D eigenvalue weighted by molar-refractivity contribution is 7.92. The van der Waals surface area contributed by atoms with E-state index in [9.17, 15) is 13.2 Å². The third-order valence-corrected chi connectivity index (χ3v) is 6.76. The highest BCUT2D eigenvalue weighted by Crippen LogP contribution is 2.30. The lowest BCUT2D eigenvalue weighted by Gasteiger charge is -2.31. The van der Waals surface area contributed by atoms with Gasteiger partial charge >= 0.3 is 0 Å². The average molecular weight is 459 g/mol. The van der Waals surface area contributed by atoms with E-state index in [1.807, 2.05) is 25.1 Å². The summed E-state index contributed by atoms with van der Waals surface area (Å²) in [6.07, 6.45) is 1.73. The molecule has 0 unspecified atom stereocenters. The zero-order chi connectivity index (χ0) is 23.1. The molecule has 1 aliphatic heterocycles. The summed E-state index contributed by atoms with van der Waals surface area (Å²) in [4.78, 5) is 14.8. The molecule has 7 nitrogen and oxygen atoms in total. The molecule has 2 aromatic rings. The van der Waals surface area contributed by atoms with Gasteiger partial charge in [0.05, 0.1) is 16.3 Å². The lowest BCUT2D eigenvalue weighted by molar-refractivity contribution is 0.0953. The third kappa shape index (κ3) is 6.23. The van der Waals surface area contributed by atoms with Crippen LogP contribution in [0.1, 0.15) is 43.1 Å². The summed E-state index contributed by atoms with van der Waals surface area (Å²) in [5.74, 6) is 0.288. The molecule has 3 N–H and O–H groups in total. The molecule has 8 heteroatoms. The number of anilines is 2. The molecule has 1 saturated heterocycles. The molecule has 32 heavy (non-hydrogen) atoms. The van der Waals surface area contributed by atoms with Crippen LogP contribution in [0.4, 0.5) is 11.4 Å². The second-order valence-corrected chi connectivity index (χ2v) is 10.3. The molecule has 1 heterocycles. The number of benzene rings is 2. The Bertz CT molecular complexity index is 1010. The molecule has 3 rings (SSSR count). The van der Waals surface area contributed by atoms with E-state index in [4.69, 9.17) is 0 Å². The summed E-state index contributed by atoms with van der Waals surface area (Å²) in [5, 5.41) is 6.16. The Morgan fingerprint density at radius 2 is 1.78 bits per heavy atom. The van der Waals surface area contributed by atoms with Crippen molar-refractivity contribution in [2.24, 2.45) is 5.92 Å². The lowest BCUT2D eigenvalue weighted by atomic mass is 10.0. The van der Waals surface area contributed by atoms with E-state index in [1.54, 1.807) is 24.3 Å². The van der Waals surface area contributed by atoms with Crippen molar-refractivity contribution < 1.29 is 13.2 Å². The van der Waals surface area contributed by atoms with E-state index in [1.165, 1.54) is 0 Å². The van der Waals surface area contributed by atoms with E-state index >= 15 is 0 Å². The van der Waals surface area contributed by atoms with Gasteiger partial charge in [-0.3, -0.25) is 9.52 Å². The molecule has 1 fully saturated rings. The highest BCUT2D eigenvalue weighted by atomic mass is 32.2. The fourth-order valence-corrected chi connectivity index (χ4v) is 4.83. The summed E-state index contributed by atoms with van der Waals surface area (Å²) < 4.78 is 29.1. The number of carbonyl (C=O) groups is 1. The number of sulfonamides is 1. The Morgan fingerprint density at radius 3 is 2.41 bits per heavy atom. The van der Waals surface area contributed by atoms with Gasteiger partial charge in [0.15, 0.2) is 0 Å². The van der Waals surface area contributed by atoms with Crippen molar-refractivity contribution in [1.82, 2.24) is 10.6 Å². The number of amides is 1. The van der Waals surface area contributed by atoms with Crippen LogP contribution in [0.25, 0.3) is 0 Å². The molecule has 0 aliphatic carbocycles. The largest absolute Gasteiger partial charge is 0.367 e. The van der Waals surface area contributed by atoms with Gasteiger partial charge < -0.3 is 15.5 Å². The number of nitrogens with zero attached hydrogens (tertiary/aromatic N) is 1. The third-order valence-electron chi connectivity index (χ3n) is 5.37. The van der Waals surface area contributed by atoms with E-state index in [2.05, 4.69) is 34.1 Å². The van der Waals surface area contributed by atoms with Crippen LogP contribution in [0.2, 0.25) is 0 Å². The number of piperazine rings is 1. The Kier molecular flexibility index (Phi) is 8.15. The number of hydrogen-bond acceptors (Lipinski definition) is 5. The van der Waals surface area contributed by atoms with Crippen molar-refractivity contribution in [2.75, 3.05) is 42.3 Å². The van der Waals surface area contributed by atoms with Crippen molar-refractivity contribution in [3.8, 4) is 0 Å². The Hall–Kier alpha value is -2.58. The summed E-state index contributed by atoms with van der Waals surface area (Å²) in [7, 11) is -3.80. The van der Waals surface area contributed by atoms with Crippen LogP contribution < -0.4 is 20.3 Å². The van der Waals surface area contributed by atoms with Gasteiger partial charge in [-0.2, -0.15) is 0 Å². The Morgan fingerprint density at radius 1 is 1.09 bits per heavy atom. The Labute approximate surface area is 191 Å². The minimum absolute atomic E-state index is 0.206. The van der Waals surface area contributed by atoms with E-state index < -0.39 is 10.0 Å². The average Bonchev–Trinajstić information content (AvgIpc) is 2.77. The molecule has 2 aromatic carbocycles. The van der Waals surface area contributed by atoms with Crippen LogP contribution in [0, 0.1) is 5.92 Å². The molecular formula is C24H34N4O3S. The summed E-state index contributed by atoms with van der Waals surface area (Å²) in [6, 6.07) is 12.2. The fourth-order valence-electron chi connectivity index (χ4n) is 3.76. The molecule has 0 spiro atoms. The summed E-state index contributed by atoms with van der Waals surface area (Å²) in [6.45, 7) is 9.99. The second-order valence-electron chi connectivity index (χ2n) is 8.57. The first-order chi connectivity index (χ1) is 15.3. The maximum Gasteiger partial charge on any atom is 0.261 e. The van der Waals surface area contributed by atoms with Crippen LogP contribution in [0.3, 0.4) is 0 Å². The topological polar surface area (TPSA) is 90.5 Å². The normalized spacial score (nSPS) is 14.4. The van der Waals surface area contributed by atoms with Crippen LogP contribution in [0.5, 0.6) is 0 Å². The van der Waals surface area contributed by atoms with Gasteiger partial charge in [0, 0.05) is 38.3 Å². The molecule has 0 radical (unpaired) electrons. The minimum Gasteiger partial charge on any atom is -0.367 e. The van der Waals surface area contributed by atoms with Gasteiger partial charge in [-0.1, -0.05) is 32.9 Å². The molecular weight excluding hydrogens is 424 g/mol. The fraction of sp³-hybridized carbons (Fsp3) is 0.458. The molecule has 0 atom stereocenters. The van der Waals surface area contributed by atoms with Crippen LogP contribution in [0.15, 0.2) is 47.4 Å². The standard InChI is InChI=1S/C24H34N4O3S/c1-4-11-26-24(29)20-7-10-23(28-14-12-25-13-15-28)22(17-20)27-32(30,31)21-8-5-19(6-9-21)16-18(2)3/h5-10,17-18,25,27H,4,11-16H2,1-3H3,(H,26,29). The van der Waals surface area contributed by atoms with Crippen molar-refractivity contribution in [3.05, 3.63) is 53.6 Å². The van der Waals surface area contributed by atoms with Crippen molar-refractivity contribution in [1.29, 1.82) is 0 Å². The maximum absolute atomic E-state index is 13.2. The molecule has 1 amide bonds. The summed E-state index contributed by atoms with van der Waals surface area (Å²) in [5.41, 5.74) is 2.73. The van der Waals surface area contributed by atoms with Gasteiger partial charge in [-0.15, -0.1) is 0 Å². The molecule has 0 saturated carbocycles. The van der Waals surface area contributed by atoms with Crippen LogP contribution in [-0.2, 0) is 16.4 Å². The van der Waals surface area contributed by atoms with Crippen molar-refractivity contribution >= 4 is 27.3 Å².